The van der Waals surface area contributed by atoms with Gasteiger partial charge in [0.25, 0.3) is 11.8 Å². The van der Waals surface area contributed by atoms with Crippen molar-refractivity contribution in [1.29, 1.82) is 0 Å². The predicted molar refractivity (Wildman–Crippen MR) is 206 cm³/mol. The lowest BCUT2D eigenvalue weighted by Gasteiger charge is -2.49. The number of nitrogens with zero attached hydrogens (tertiary/aromatic N) is 2. The first-order chi connectivity index (χ1) is 26.8. The number of halogens is 3. The molecule has 2 saturated heterocycles. The molecular formula is C43H33Cl2FN2O8. The van der Waals surface area contributed by atoms with E-state index in [1.54, 1.807) is 72.8 Å². The first-order valence-corrected chi connectivity index (χ1v) is 18.5. The molecule has 2 aliphatic carbocycles. The van der Waals surface area contributed by atoms with Gasteiger partial charge < -0.3 is 14.6 Å². The van der Waals surface area contributed by atoms with Crippen LogP contribution in [0, 0.1) is 29.5 Å². The zero-order chi connectivity index (χ0) is 39.7. The highest BCUT2D eigenvalue weighted by atomic mass is 35.5. The van der Waals surface area contributed by atoms with Gasteiger partial charge in [0.05, 0.1) is 37.4 Å². The molecule has 8 rings (SSSR count). The molecular weight excluding hydrogens is 762 g/mol. The molecule has 0 aromatic heterocycles. The van der Waals surface area contributed by atoms with Gasteiger partial charge in [-0.3, -0.25) is 28.9 Å². The van der Waals surface area contributed by atoms with Crippen LogP contribution in [0.5, 0.6) is 17.2 Å². The van der Waals surface area contributed by atoms with Gasteiger partial charge in [-0.15, -0.1) is 23.2 Å². The number of alkyl halides is 2. The Morgan fingerprint density at radius 3 is 2.02 bits per heavy atom. The van der Waals surface area contributed by atoms with Gasteiger partial charge in [-0.2, -0.15) is 0 Å². The topological polar surface area (TPSA) is 131 Å². The largest absolute Gasteiger partial charge is 0.502 e. The van der Waals surface area contributed by atoms with E-state index in [1.165, 1.54) is 38.5 Å². The van der Waals surface area contributed by atoms with E-state index in [2.05, 4.69) is 0 Å². The number of carbonyl (C=O) groups excluding carboxylic acids is 5. The SMILES string of the molecule is COc1cc(C=CC2C3=CCC4C(=O)N(c5ccc(C(=O)c6ccccc6)cc5)C(=O)C4C3CC3(Cl)C(=O)N(c4ccc(F)cc4)C(=O)C23Cl)cc(OC)c1O. The molecule has 2 aliphatic heterocycles. The first-order valence-electron chi connectivity index (χ1n) is 17.8. The van der Waals surface area contributed by atoms with Crippen LogP contribution >= 0.6 is 23.2 Å². The zero-order valence-electron chi connectivity index (χ0n) is 29.9. The molecule has 4 aliphatic rings. The maximum Gasteiger partial charge on any atom is 0.258 e. The van der Waals surface area contributed by atoms with Gasteiger partial charge in [-0.25, -0.2) is 9.29 Å². The highest BCUT2D eigenvalue weighted by Crippen LogP contribution is 2.63. The Morgan fingerprint density at radius 2 is 1.39 bits per heavy atom. The Labute approximate surface area is 330 Å². The molecule has 284 valence electrons. The molecule has 2 heterocycles. The third-order valence-corrected chi connectivity index (χ3v) is 12.8. The summed E-state index contributed by atoms with van der Waals surface area (Å²) in [6.07, 6.45) is 4.92. The van der Waals surface area contributed by atoms with E-state index in [4.69, 9.17) is 32.7 Å². The molecule has 4 aromatic rings. The maximum atomic E-state index is 14.6. The van der Waals surface area contributed by atoms with Crippen LogP contribution in [-0.2, 0) is 19.2 Å². The van der Waals surface area contributed by atoms with Crippen molar-refractivity contribution in [1.82, 2.24) is 0 Å². The number of imide groups is 2. The summed E-state index contributed by atoms with van der Waals surface area (Å²) in [5.74, 6) is -7.09. The third-order valence-electron chi connectivity index (χ3n) is 11.4. The van der Waals surface area contributed by atoms with Crippen molar-refractivity contribution in [3.8, 4) is 17.2 Å². The Morgan fingerprint density at radius 1 is 0.804 bits per heavy atom. The maximum absolute atomic E-state index is 14.6. The van der Waals surface area contributed by atoms with Crippen LogP contribution in [-0.4, -0.2) is 58.5 Å². The highest BCUT2D eigenvalue weighted by Gasteiger charge is 2.76. The number of ketones is 1. The molecule has 1 saturated carbocycles. The molecule has 3 fully saturated rings. The predicted octanol–water partition coefficient (Wildman–Crippen LogP) is 7.09. The van der Waals surface area contributed by atoms with Crippen LogP contribution in [0.3, 0.4) is 0 Å². The van der Waals surface area contributed by atoms with Crippen molar-refractivity contribution in [2.24, 2.45) is 23.7 Å². The lowest BCUT2D eigenvalue weighted by atomic mass is 9.57. The molecule has 4 amide bonds. The standard InChI is InChI=1S/C43H33Cl2FN2O8/c1-55-33-20-23(21-34(56-2)37(33)50)8-19-32-29-17-18-30-35(31(29)22-42(44)40(53)48(41(54)43(32,42)45)28-15-11-26(46)12-16-28)39(52)47(38(30)51)27-13-9-25(10-14-27)36(49)24-6-4-3-5-7-24/h3-17,19-21,30-32,35,50H,18,22H2,1-2H3. The van der Waals surface area contributed by atoms with Gasteiger partial charge in [-0.05, 0) is 85.0 Å². The fraction of sp³-hybridized carbons (Fsp3) is 0.233. The van der Waals surface area contributed by atoms with Crippen molar-refractivity contribution in [2.75, 3.05) is 24.0 Å². The minimum Gasteiger partial charge on any atom is -0.502 e. The molecule has 13 heteroatoms. The molecule has 56 heavy (non-hydrogen) atoms. The first kappa shape index (κ1) is 37.2. The lowest BCUT2D eigenvalue weighted by molar-refractivity contribution is -0.125. The Hall–Kier alpha value is -5.78. The van der Waals surface area contributed by atoms with Gasteiger partial charge in [0.1, 0.15) is 5.82 Å². The normalized spacial score (nSPS) is 26.9. The Bertz CT molecular complexity index is 2360. The lowest BCUT2D eigenvalue weighted by Crippen LogP contribution is -2.60. The number of phenolic OH excluding ortho intramolecular Hbond substituents is 1. The van der Waals surface area contributed by atoms with Gasteiger partial charge >= 0.3 is 0 Å². The molecule has 0 spiro atoms. The number of amides is 4. The number of rotatable bonds is 8. The molecule has 6 atom stereocenters. The fourth-order valence-electron chi connectivity index (χ4n) is 8.64. The summed E-state index contributed by atoms with van der Waals surface area (Å²) in [6.45, 7) is 0. The van der Waals surface area contributed by atoms with E-state index in [-0.39, 0.29) is 47.2 Å². The van der Waals surface area contributed by atoms with Crippen molar-refractivity contribution in [3.63, 3.8) is 0 Å². The number of ether oxygens (including phenoxy) is 2. The van der Waals surface area contributed by atoms with Crippen LogP contribution in [0.15, 0.2) is 109 Å². The average molecular weight is 796 g/mol. The van der Waals surface area contributed by atoms with E-state index in [9.17, 15) is 33.5 Å². The van der Waals surface area contributed by atoms with Crippen LogP contribution in [0.1, 0.15) is 34.3 Å². The number of anilines is 2. The quantitative estimate of drug-likeness (QED) is 0.0867. The summed E-state index contributed by atoms with van der Waals surface area (Å²) < 4.78 is 24.6. The van der Waals surface area contributed by atoms with Crippen molar-refractivity contribution >= 4 is 70.1 Å². The van der Waals surface area contributed by atoms with Crippen LogP contribution in [0.25, 0.3) is 6.08 Å². The molecule has 6 unspecified atom stereocenters. The van der Waals surface area contributed by atoms with Gasteiger partial charge in [-0.1, -0.05) is 54.1 Å². The van der Waals surface area contributed by atoms with E-state index in [0.29, 0.717) is 22.3 Å². The fourth-order valence-corrected chi connectivity index (χ4v) is 9.53. The number of fused-ring (bicyclic) bond motifs is 4. The van der Waals surface area contributed by atoms with Gasteiger partial charge in [0, 0.05) is 17.0 Å². The number of carbonyl (C=O) groups is 5. The number of phenols is 1. The van der Waals surface area contributed by atoms with Crippen molar-refractivity contribution < 1.29 is 42.9 Å². The molecule has 1 N–H and O–H groups in total. The second-order valence-electron chi connectivity index (χ2n) is 14.2. The summed E-state index contributed by atoms with van der Waals surface area (Å²) in [7, 11) is 2.75. The van der Waals surface area contributed by atoms with Crippen molar-refractivity contribution in [3.05, 3.63) is 131 Å². The number of allylic oxidation sites excluding steroid dienone is 3. The van der Waals surface area contributed by atoms with Crippen LogP contribution in [0.2, 0.25) is 0 Å². The number of aromatic hydroxyl groups is 1. The molecule has 10 nitrogen and oxygen atoms in total. The summed E-state index contributed by atoms with van der Waals surface area (Å²) >= 11 is 14.8. The molecule has 0 bridgehead atoms. The van der Waals surface area contributed by atoms with Crippen LogP contribution < -0.4 is 19.3 Å². The van der Waals surface area contributed by atoms with E-state index < -0.39 is 62.9 Å². The van der Waals surface area contributed by atoms with E-state index >= 15 is 0 Å². The molecule has 0 radical (unpaired) electrons. The minimum atomic E-state index is -2.12. The number of hydrogen-bond acceptors (Lipinski definition) is 8. The van der Waals surface area contributed by atoms with E-state index in [1.807, 2.05) is 0 Å². The monoisotopic (exact) mass is 794 g/mol. The number of benzene rings is 4. The summed E-state index contributed by atoms with van der Waals surface area (Å²) in [6, 6.07) is 22.8. The minimum absolute atomic E-state index is 0.0638. The highest BCUT2D eigenvalue weighted by molar-refractivity contribution is 6.58. The third kappa shape index (κ3) is 5.47. The smallest absolute Gasteiger partial charge is 0.258 e. The molecule has 4 aromatic carbocycles. The Balaban J connectivity index is 1.20. The summed E-state index contributed by atoms with van der Waals surface area (Å²) in [5, 5.41) is 10.5. The second-order valence-corrected chi connectivity index (χ2v) is 15.4. The number of methoxy groups -OCH3 is 2. The second kappa shape index (κ2) is 13.8. The van der Waals surface area contributed by atoms with Crippen LogP contribution in [0.4, 0.5) is 15.8 Å². The zero-order valence-corrected chi connectivity index (χ0v) is 31.5. The van der Waals surface area contributed by atoms with E-state index in [0.717, 1.165) is 21.9 Å². The van der Waals surface area contributed by atoms with Crippen molar-refractivity contribution in [2.45, 2.75) is 22.6 Å². The summed E-state index contributed by atoms with van der Waals surface area (Å²) in [4.78, 5) is 68.4. The Kier molecular flexibility index (Phi) is 9.13. The van der Waals surface area contributed by atoms with Gasteiger partial charge in [0.2, 0.25) is 17.6 Å². The summed E-state index contributed by atoms with van der Waals surface area (Å²) in [5.41, 5.74) is 2.25. The average Bonchev–Trinajstić information content (AvgIpc) is 3.55. The van der Waals surface area contributed by atoms with Gasteiger partial charge in [0.15, 0.2) is 27.0 Å². The number of hydrogen-bond donors (Lipinski definition) is 1.